The molecule has 4 nitrogen and oxygen atoms in total. The molecule has 0 aliphatic carbocycles. The van der Waals surface area contributed by atoms with Gasteiger partial charge in [0.05, 0.1) is 12.1 Å². The van der Waals surface area contributed by atoms with Crippen molar-refractivity contribution < 1.29 is 15.0 Å². The summed E-state index contributed by atoms with van der Waals surface area (Å²) in [6.07, 6.45) is 0. The summed E-state index contributed by atoms with van der Waals surface area (Å²) in [6.45, 7) is 2.36. The van der Waals surface area contributed by atoms with Crippen LogP contribution in [0.4, 0.5) is 5.69 Å². The van der Waals surface area contributed by atoms with E-state index in [1.165, 1.54) is 18.2 Å². The van der Waals surface area contributed by atoms with Gasteiger partial charge in [0.2, 0.25) is 0 Å². The average Bonchev–Trinajstić information content (AvgIpc) is 2.61. The lowest BCUT2D eigenvalue weighted by Gasteiger charge is -2.24. The molecule has 25 heavy (non-hydrogen) atoms. The predicted octanol–water partition coefficient (Wildman–Crippen LogP) is 4.25. The van der Waals surface area contributed by atoms with E-state index in [0.29, 0.717) is 6.54 Å². The number of aromatic hydroxyl groups is 2. The minimum absolute atomic E-state index is 0.0843. The Morgan fingerprint density at radius 3 is 2.24 bits per heavy atom. The first kappa shape index (κ1) is 16.6. The van der Waals surface area contributed by atoms with Gasteiger partial charge in [-0.25, -0.2) is 0 Å². The molecule has 0 aromatic heterocycles. The summed E-state index contributed by atoms with van der Waals surface area (Å²) in [6, 6.07) is 21.3. The lowest BCUT2D eigenvalue weighted by atomic mass is 10.1. The lowest BCUT2D eigenvalue weighted by Crippen LogP contribution is -2.30. The van der Waals surface area contributed by atoms with Crippen LogP contribution in [-0.4, -0.2) is 16.1 Å². The number of rotatable bonds is 4. The monoisotopic (exact) mass is 333 g/mol. The van der Waals surface area contributed by atoms with Crippen LogP contribution in [-0.2, 0) is 6.54 Å². The van der Waals surface area contributed by atoms with Gasteiger partial charge >= 0.3 is 0 Å². The highest BCUT2D eigenvalue weighted by molar-refractivity contribution is 6.07. The summed E-state index contributed by atoms with van der Waals surface area (Å²) in [5.74, 6) is -0.653. The average molecular weight is 333 g/mol. The van der Waals surface area contributed by atoms with Crippen molar-refractivity contribution in [1.29, 1.82) is 0 Å². The fourth-order valence-electron chi connectivity index (χ4n) is 2.62. The summed E-state index contributed by atoms with van der Waals surface area (Å²) in [4.78, 5) is 14.7. The van der Waals surface area contributed by atoms with Crippen molar-refractivity contribution >= 4 is 11.6 Å². The second kappa shape index (κ2) is 7.09. The molecule has 0 fully saturated rings. The largest absolute Gasteiger partial charge is 0.508 e. The molecule has 0 saturated carbocycles. The molecule has 2 N–H and O–H groups in total. The number of carbonyl (C=O) groups is 1. The van der Waals surface area contributed by atoms with Crippen LogP contribution in [0.1, 0.15) is 21.5 Å². The van der Waals surface area contributed by atoms with Crippen LogP contribution in [0, 0.1) is 6.92 Å². The number of hydrogen-bond acceptors (Lipinski definition) is 3. The first-order valence-corrected chi connectivity index (χ1v) is 7.99. The highest BCUT2D eigenvalue weighted by atomic mass is 16.3. The fraction of sp³-hybridized carbons (Fsp3) is 0.0952. The molecule has 0 heterocycles. The molecule has 126 valence electrons. The third-order valence-corrected chi connectivity index (χ3v) is 3.99. The molecule has 0 spiro atoms. The van der Waals surface area contributed by atoms with Gasteiger partial charge in [0.15, 0.2) is 0 Å². The van der Waals surface area contributed by atoms with Gasteiger partial charge in [-0.1, -0.05) is 48.0 Å². The molecule has 0 radical (unpaired) electrons. The maximum absolute atomic E-state index is 13.1. The smallest absolute Gasteiger partial charge is 0.262 e. The Kier molecular flexibility index (Phi) is 4.70. The number of phenolic OH excluding ortho intramolecular Hbond substituents is 2. The zero-order valence-corrected chi connectivity index (χ0v) is 13.9. The topological polar surface area (TPSA) is 60.8 Å². The number of nitrogens with zero attached hydrogens (tertiary/aromatic N) is 1. The van der Waals surface area contributed by atoms with E-state index in [4.69, 9.17) is 0 Å². The number of amides is 1. The van der Waals surface area contributed by atoms with Crippen molar-refractivity contribution in [3.05, 3.63) is 89.5 Å². The molecule has 4 heteroatoms. The van der Waals surface area contributed by atoms with E-state index in [-0.39, 0.29) is 23.0 Å². The maximum atomic E-state index is 13.1. The van der Waals surface area contributed by atoms with Gasteiger partial charge in [-0.3, -0.25) is 4.79 Å². The third-order valence-electron chi connectivity index (χ3n) is 3.99. The molecule has 0 bridgehead atoms. The van der Waals surface area contributed by atoms with Crippen molar-refractivity contribution in [3.63, 3.8) is 0 Å². The Balaban J connectivity index is 2.00. The highest BCUT2D eigenvalue weighted by Gasteiger charge is 2.21. The lowest BCUT2D eigenvalue weighted by molar-refractivity contribution is 0.0982. The first-order valence-electron chi connectivity index (χ1n) is 7.99. The van der Waals surface area contributed by atoms with Crippen LogP contribution >= 0.6 is 0 Å². The van der Waals surface area contributed by atoms with Crippen molar-refractivity contribution in [2.45, 2.75) is 13.5 Å². The Morgan fingerprint density at radius 1 is 0.920 bits per heavy atom. The molecular weight excluding hydrogens is 314 g/mol. The number of phenols is 2. The normalized spacial score (nSPS) is 10.4. The van der Waals surface area contributed by atoms with Gasteiger partial charge in [0.25, 0.3) is 5.91 Å². The Hall–Kier alpha value is -3.27. The van der Waals surface area contributed by atoms with Crippen LogP contribution in [0.5, 0.6) is 11.5 Å². The van der Waals surface area contributed by atoms with Crippen LogP contribution in [0.3, 0.4) is 0 Å². The molecule has 1 amide bonds. The quantitative estimate of drug-likeness (QED) is 0.750. The number of hydrogen-bond donors (Lipinski definition) is 2. The molecule has 3 aromatic rings. The van der Waals surface area contributed by atoms with E-state index in [1.807, 2.05) is 61.5 Å². The third kappa shape index (κ3) is 3.80. The van der Waals surface area contributed by atoms with E-state index >= 15 is 0 Å². The van der Waals surface area contributed by atoms with Crippen LogP contribution in [0.2, 0.25) is 0 Å². The van der Waals surface area contributed by atoms with Crippen LogP contribution < -0.4 is 4.90 Å². The summed E-state index contributed by atoms with van der Waals surface area (Å²) < 4.78 is 0. The zero-order chi connectivity index (χ0) is 17.8. The minimum atomic E-state index is -0.329. The highest BCUT2D eigenvalue weighted by Crippen LogP contribution is 2.27. The second-order valence-corrected chi connectivity index (χ2v) is 5.91. The molecule has 0 atom stereocenters. The number of anilines is 1. The van der Waals surface area contributed by atoms with E-state index in [2.05, 4.69) is 0 Å². The second-order valence-electron chi connectivity index (χ2n) is 5.91. The molecule has 0 unspecified atom stereocenters. The van der Waals surface area contributed by atoms with Crippen LogP contribution in [0.25, 0.3) is 0 Å². The number of benzene rings is 3. The summed E-state index contributed by atoms with van der Waals surface area (Å²) in [5, 5.41) is 19.5. The first-order chi connectivity index (χ1) is 12.0. The number of aryl methyl sites for hydroxylation is 1. The molecular formula is C21H19NO3. The SMILES string of the molecule is Cc1ccc(N(Cc2ccccc2)C(=O)c2ccc(O)cc2O)cc1. The molecule has 0 aliphatic heterocycles. The van der Waals surface area contributed by atoms with Crippen molar-refractivity contribution in [2.24, 2.45) is 0 Å². The molecule has 0 saturated heterocycles. The van der Waals surface area contributed by atoms with Crippen molar-refractivity contribution in [1.82, 2.24) is 0 Å². The van der Waals surface area contributed by atoms with E-state index in [1.54, 1.807) is 4.90 Å². The minimum Gasteiger partial charge on any atom is -0.508 e. The van der Waals surface area contributed by atoms with E-state index in [9.17, 15) is 15.0 Å². The van der Waals surface area contributed by atoms with Gasteiger partial charge in [-0.15, -0.1) is 0 Å². The van der Waals surface area contributed by atoms with Crippen LogP contribution in [0.15, 0.2) is 72.8 Å². The Morgan fingerprint density at radius 2 is 1.60 bits per heavy atom. The summed E-state index contributed by atoms with van der Waals surface area (Å²) in [7, 11) is 0. The van der Waals surface area contributed by atoms with E-state index < -0.39 is 0 Å². The van der Waals surface area contributed by atoms with Gasteiger partial charge in [0, 0.05) is 11.8 Å². The van der Waals surface area contributed by atoms with Gasteiger partial charge in [0.1, 0.15) is 11.5 Å². The van der Waals surface area contributed by atoms with Gasteiger partial charge in [-0.05, 0) is 36.8 Å². The molecule has 3 aromatic carbocycles. The Labute approximate surface area is 146 Å². The predicted molar refractivity (Wildman–Crippen MR) is 97.9 cm³/mol. The summed E-state index contributed by atoms with van der Waals surface area (Å²) >= 11 is 0. The molecule has 0 aliphatic rings. The standard InChI is InChI=1S/C21H19NO3/c1-15-7-9-17(10-8-15)22(14-16-5-3-2-4-6-16)21(25)19-12-11-18(23)13-20(19)24/h2-13,23-24H,14H2,1H3. The summed E-state index contributed by atoms with van der Waals surface area (Å²) in [5.41, 5.74) is 2.97. The van der Waals surface area contributed by atoms with Gasteiger partial charge < -0.3 is 15.1 Å². The van der Waals surface area contributed by atoms with Gasteiger partial charge in [-0.2, -0.15) is 0 Å². The Bertz CT molecular complexity index is 873. The van der Waals surface area contributed by atoms with Crippen molar-refractivity contribution in [2.75, 3.05) is 4.90 Å². The number of carbonyl (C=O) groups excluding carboxylic acids is 1. The molecule has 3 rings (SSSR count). The van der Waals surface area contributed by atoms with Crippen molar-refractivity contribution in [3.8, 4) is 11.5 Å². The van der Waals surface area contributed by atoms with E-state index in [0.717, 1.165) is 16.8 Å². The fourth-order valence-corrected chi connectivity index (χ4v) is 2.62. The maximum Gasteiger partial charge on any atom is 0.262 e. The zero-order valence-electron chi connectivity index (χ0n) is 13.9.